The number of benzene rings is 2. The minimum Gasteiger partial charge on any atom is -0.399 e. The maximum Gasteiger partial charge on any atom is 0.251 e. The molecular weight excluding hydrogens is 308 g/mol. The molecular formula is C19H23ClN2O. The van der Waals surface area contributed by atoms with Crippen molar-refractivity contribution in [2.75, 3.05) is 5.73 Å². The average Bonchev–Trinajstić information content (AvgIpc) is 2.55. The average molecular weight is 331 g/mol. The molecule has 0 saturated carbocycles. The van der Waals surface area contributed by atoms with Crippen LogP contribution in [0.3, 0.4) is 0 Å². The van der Waals surface area contributed by atoms with E-state index in [0.717, 1.165) is 6.42 Å². The third-order valence-corrected chi connectivity index (χ3v) is 4.39. The highest BCUT2D eigenvalue weighted by atomic mass is 35.5. The molecule has 0 bridgehead atoms. The number of nitrogens with one attached hydrogen (secondary N) is 1. The van der Waals surface area contributed by atoms with Gasteiger partial charge in [0.25, 0.3) is 5.91 Å². The predicted octanol–water partition coefficient (Wildman–Crippen LogP) is 4.06. The first kappa shape index (κ1) is 17.4. The highest BCUT2D eigenvalue weighted by Crippen LogP contribution is 2.25. The van der Waals surface area contributed by atoms with E-state index in [-0.39, 0.29) is 24.4 Å². The number of fused-ring (bicyclic) bond motifs is 1. The van der Waals surface area contributed by atoms with Crippen LogP contribution >= 0.6 is 12.4 Å². The number of nitrogen functional groups attached to an aromatic ring is 1. The van der Waals surface area contributed by atoms with Crippen molar-refractivity contribution in [2.45, 2.75) is 38.6 Å². The molecule has 1 amide bonds. The number of carbonyl (C=O) groups excluding carboxylic acids is 1. The van der Waals surface area contributed by atoms with Crippen molar-refractivity contribution < 1.29 is 4.79 Å². The van der Waals surface area contributed by atoms with Gasteiger partial charge in [-0.25, -0.2) is 0 Å². The number of aryl methyl sites for hydroxylation is 2. The fourth-order valence-electron chi connectivity index (χ4n) is 3.02. The van der Waals surface area contributed by atoms with Gasteiger partial charge in [-0.1, -0.05) is 18.2 Å². The topological polar surface area (TPSA) is 55.1 Å². The van der Waals surface area contributed by atoms with Gasteiger partial charge in [-0.3, -0.25) is 4.79 Å². The van der Waals surface area contributed by atoms with Gasteiger partial charge in [0.05, 0.1) is 6.04 Å². The fourth-order valence-corrected chi connectivity index (χ4v) is 3.02. The Hall–Kier alpha value is -2.00. The number of hydrogen-bond donors (Lipinski definition) is 2. The summed E-state index contributed by atoms with van der Waals surface area (Å²) >= 11 is 0. The van der Waals surface area contributed by atoms with E-state index in [9.17, 15) is 4.79 Å². The minimum atomic E-state index is -0.0646. The molecule has 0 fully saturated rings. The zero-order valence-corrected chi connectivity index (χ0v) is 14.2. The van der Waals surface area contributed by atoms with Crippen LogP contribution in [-0.2, 0) is 12.8 Å². The monoisotopic (exact) mass is 330 g/mol. The molecule has 0 saturated heterocycles. The zero-order valence-electron chi connectivity index (χ0n) is 13.3. The van der Waals surface area contributed by atoms with Gasteiger partial charge in [0.1, 0.15) is 0 Å². The van der Waals surface area contributed by atoms with Crippen LogP contribution in [0.25, 0.3) is 0 Å². The van der Waals surface area contributed by atoms with Crippen molar-refractivity contribution in [2.24, 2.45) is 0 Å². The Morgan fingerprint density at radius 3 is 2.39 bits per heavy atom. The molecule has 1 atom stereocenters. The molecule has 23 heavy (non-hydrogen) atoms. The molecule has 1 aliphatic rings. The van der Waals surface area contributed by atoms with Gasteiger partial charge < -0.3 is 11.1 Å². The van der Waals surface area contributed by atoms with E-state index in [1.807, 2.05) is 6.92 Å². The molecule has 0 heterocycles. The third kappa shape index (κ3) is 4.05. The standard InChI is InChI=1S/C19H22N2O.ClH/c1-13(21-19(22)15-8-10-18(20)11-9-15)16-7-6-14-4-2-3-5-17(14)12-16;/h6-13H,2-5,20H2,1H3,(H,21,22);1H. The Morgan fingerprint density at radius 1 is 1.04 bits per heavy atom. The van der Waals surface area contributed by atoms with Crippen molar-refractivity contribution in [3.63, 3.8) is 0 Å². The van der Waals surface area contributed by atoms with Gasteiger partial charge in [0.15, 0.2) is 0 Å². The fraction of sp³-hybridized carbons (Fsp3) is 0.316. The van der Waals surface area contributed by atoms with Gasteiger partial charge in [0, 0.05) is 11.3 Å². The quantitative estimate of drug-likeness (QED) is 0.834. The Kier molecular flexibility index (Phi) is 5.67. The van der Waals surface area contributed by atoms with Crippen LogP contribution in [0, 0.1) is 0 Å². The summed E-state index contributed by atoms with van der Waals surface area (Å²) in [6, 6.07) is 13.6. The molecule has 3 N–H and O–H groups in total. The Bertz CT molecular complexity index is 682. The van der Waals surface area contributed by atoms with Crippen molar-refractivity contribution in [3.8, 4) is 0 Å². The summed E-state index contributed by atoms with van der Waals surface area (Å²) in [7, 11) is 0. The number of hydrogen-bond acceptors (Lipinski definition) is 2. The molecule has 3 nitrogen and oxygen atoms in total. The van der Waals surface area contributed by atoms with Crippen LogP contribution in [0.4, 0.5) is 5.69 Å². The van der Waals surface area contributed by atoms with E-state index in [1.54, 1.807) is 24.3 Å². The lowest BCUT2D eigenvalue weighted by atomic mass is 9.89. The highest BCUT2D eigenvalue weighted by Gasteiger charge is 2.14. The maximum atomic E-state index is 12.3. The Balaban J connectivity index is 0.00000192. The van der Waals surface area contributed by atoms with Crippen LogP contribution in [0.1, 0.15) is 52.9 Å². The molecule has 0 aliphatic heterocycles. The minimum absolute atomic E-state index is 0. The van der Waals surface area contributed by atoms with Gasteiger partial charge in [0.2, 0.25) is 0 Å². The van der Waals surface area contributed by atoms with E-state index in [0.29, 0.717) is 11.3 Å². The van der Waals surface area contributed by atoms with Gasteiger partial charge >= 0.3 is 0 Å². The molecule has 3 rings (SSSR count). The second-order valence-corrected chi connectivity index (χ2v) is 6.05. The summed E-state index contributed by atoms with van der Waals surface area (Å²) < 4.78 is 0. The third-order valence-electron chi connectivity index (χ3n) is 4.39. The number of rotatable bonds is 3. The van der Waals surface area contributed by atoms with Crippen LogP contribution in [0.5, 0.6) is 0 Å². The molecule has 2 aromatic carbocycles. The summed E-state index contributed by atoms with van der Waals surface area (Å²) in [5, 5.41) is 3.06. The normalized spacial score (nSPS) is 14.3. The molecule has 4 heteroatoms. The van der Waals surface area contributed by atoms with Gasteiger partial charge in [-0.05, 0) is 73.6 Å². The lowest BCUT2D eigenvalue weighted by Crippen LogP contribution is -2.26. The first-order valence-corrected chi connectivity index (χ1v) is 7.91. The number of halogens is 1. The van der Waals surface area contributed by atoms with Gasteiger partial charge in [-0.15, -0.1) is 12.4 Å². The van der Waals surface area contributed by atoms with Gasteiger partial charge in [-0.2, -0.15) is 0 Å². The molecule has 1 aliphatic carbocycles. The molecule has 1 unspecified atom stereocenters. The van der Waals surface area contributed by atoms with Crippen LogP contribution in [-0.4, -0.2) is 5.91 Å². The largest absolute Gasteiger partial charge is 0.399 e. The smallest absolute Gasteiger partial charge is 0.251 e. The van der Waals surface area contributed by atoms with Crippen molar-refractivity contribution in [3.05, 3.63) is 64.7 Å². The zero-order chi connectivity index (χ0) is 15.5. The molecule has 0 aromatic heterocycles. The van der Waals surface area contributed by atoms with E-state index in [4.69, 9.17) is 5.73 Å². The number of amides is 1. The summed E-state index contributed by atoms with van der Waals surface area (Å²) in [6.07, 6.45) is 4.89. The predicted molar refractivity (Wildman–Crippen MR) is 97.1 cm³/mol. The van der Waals surface area contributed by atoms with E-state index in [2.05, 4.69) is 23.5 Å². The lowest BCUT2D eigenvalue weighted by Gasteiger charge is -2.20. The Morgan fingerprint density at radius 2 is 1.70 bits per heavy atom. The first-order valence-electron chi connectivity index (χ1n) is 7.91. The lowest BCUT2D eigenvalue weighted by molar-refractivity contribution is 0.0940. The summed E-state index contributed by atoms with van der Waals surface area (Å²) in [5.41, 5.74) is 11.0. The number of carbonyl (C=O) groups is 1. The summed E-state index contributed by atoms with van der Waals surface area (Å²) in [5.74, 6) is -0.0646. The van der Waals surface area contributed by atoms with Crippen molar-refractivity contribution in [1.29, 1.82) is 0 Å². The van der Waals surface area contributed by atoms with Crippen molar-refractivity contribution in [1.82, 2.24) is 5.32 Å². The SMILES string of the molecule is CC(NC(=O)c1ccc(N)cc1)c1ccc2c(c1)CCCC2.Cl. The molecule has 0 radical (unpaired) electrons. The number of nitrogens with two attached hydrogens (primary N) is 1. The first-order chi connectivity index (χ1) is 10.6. The molecule has 122 valence electrons. The van der Waals surface area contributed by atoms with Crippen LogP contribution in [0.2, 0.25) is 0 Å². The second-order valence-electron chi connectivity index (χ2n) is 6.05. The summed E-state index contributed by atoms with van der Waals surface area (Å²) in [4.78, 5) is 12.3. The van der Waals surface area contributed by atoms with Crippen LogP contribution < -0.4 is 11.1 Å². The molecule has 0 spiro atoms. The maximum absolute atomic E-state index is 12.3. The summed E-state index contributed by atoms with van der Waals surface area (Å²) in [6.45, 7) is 2.03. The van der Waals surface area contributed by atoms with Crippen LogP contribution in [0.15, 0.2) is 42.5 Å². The Labute approximate surface area is 143 Å². The molecule has 2 aromatic rings. The van der Waals surface area contributed by atoms with E-state index in [1.165, 1.54) is 36.0 Å². The highest BCUT2D eigenvalue weighted by molar-refractivity contribution is 5.94. The van der Waals surface area contributed by atoms with E-state index >= 15 is 0 Å². The van der Waals surface area contributed by atoms with E-state index < -0.39 is 0 Å². The van der Waals surface area contributed by atoms with Crippen molar-refractivity contribution >= 4 is 24.0 Å². The number of anilines is 1. The second kappa shape index (κ2) is 7.51.